The van der Waals surface area contributed by atoms with Crippen molar-refractivity contribution in [1.29, 1.82) is 0 Å². The second-order valence-corrected chi connectivity index (χ2v) is 7.38. The van der Waals surface area contributed by atoms with Crippen molar-refractivity contribution < 1.29 is 4.79 Å². The quantitative estimate of drug-likeness (QED) is 0.621. The largest absolute Gasteiger partial charge is 0.272 e. The van der Waals surface area contributed by atoms with Gasteiger partial charge < -0.3 is 0 Å². The lowest BCUT2D eigenvalue weighted by Crippen LogP contribution is -2.45. The molecule has 2 aliphatic rings. The van der Waals surface area contributed by atoms with Crippen LogP contribution in [0.2, 0.25) is 0 Å². The summed E-state index contributed by atoms with van der Waals surface area (Å²) >= 11 is 0. The lowest BCUT2D eigenvalue weighted by molar-refractivity contribution is 0.00740. The molecule has 1 amide bonds. The Balaban J connectivity index is 1.55. The molecule has 1 atom stereocenters. The number of carbonyl (C=O) groups is 1. The van der Waals surface area contributed by atoms with Crippen molar-refractivity contribution in [1.82, 2.24) is 10.0 Å². The van der Waals surface area contributed by atoms with Gasteiger partial charge in [0, 0.05) is 12.1 Å². The van der Waals surface area contributed by atoms with Gasteiger partial charge >= 0.3 is 0 Å². The zero-order valence-corrected chi connectivity index (χ0v) is 16.1. The van der Waals surface area contributed by atoms with Gasteiger partial charge in [0.1, 0.15) is 0 Å². The van der Waals surface area contributed by atoms with Crippen molar-refractivity contribution in [2.45, 2.75) is 12.5 Å². The fourth-order valence-electron chi connectivity index (χ4n) is 4.17. The van der Waals surface area contributed by atoms with E-state index in [4.69, 9.17) is 0 Å². The predicted octanol–water partition coefficient (Wildman–Crippen LogP) is 5.25. The first-order valence-corrected chi connectivity index (χ1v) is 10.00. The molecule has 3 heteroatoms. The van der Waals surface area contributed by atoms with Crippen LogP contribution < -0.4 is 0 Å². The van der Waals surface area contributed by atoms with Crippen LogP contribution in [0.4, 0.5) is 0 Å². The van der Waals surface area contributed by atoms with E-state index in [-0.39, 0.29) is 11.9 Å². The number of rotatable bonds is 3. The van der Waals surface area contributed by atoms with E-state index in [0.29, 0.717) is 5.56 Å². The summed E-state index contributed by atoms with van der Waals surface area (Å²) in [6.45, 7) is 0.819. The normalized spacial score (nSPS) is 18.4. The zero-order valence-electron chi connectivity index (χ0n) is 16.1. The summed E-state index contributed by atoms with van der Waals surface area (Å²) in [5.74, 6) is 0.0106. The summed E-state index contributed by atoms with van der Waals surface area (Å²) in [7, 11) is 0. The Labute approximate surface area is 171 Å². The van der Waals surface area contributed by atoms with E-state index < -0.39 is 0 Å². The van der Waals surface area contributed by atoms with Crippen molar-refractivity contribution >= 4 is 12.0 Å². The lowest BCUT2D eigenvalue weighted by atomic mass is 9.94. The average Bonchev–Trinajstić information content (AvgIpc) is 3.17. The molecule has 0 radical (unpaired) electrons. The fraction of sp³-hybridized carbons (Fsp3) is 0.115. The molecule has 0 aliphatic carbocycles. The highest BCUT2D eigenvalue weighted by molar-refractivity contribution is 5.95. The first kappa shape index (κ1) is 17.7. The predicted molar refractivity (Wildman–Crippen MR) is 116 cm³/mol. The van der Waals surface area contributed by atoms with Gasteiger partial charge in [0.05, 0.1) is 11.7 Å². The Morgan fingerprint density at radius 2 is 1.52 bits per heavy atom. The van der Waals surface area contributed by atoms with Gasteiger partial charge in [0.2, 0.25) is 0 Å². The molecule has 142 valence electrons. The minimum absolute atomic E-state index is 0.0106. The highest BCUT2D eigenvalue weighted by Gasteiger charge is 2.39. The Morgan fingerprint density at radius 3 is 2.31 bits per heavy atom. The molecule has 2 aliphatic heterocycles. The maximum Gasteiger partial charge on any atom is 0.272 e. The van der Waals surface area contributed by atoms with Crippen LogP contribution in [0.15, 0.2) is 103 Å². The molecule has 0 saturated heterocycles. The topological polar surface area (TPSA) is 23.6 Å². The van der Waals surface area contributed by atoms with E-state index in [2.05, 4.69) is 59.6 Å². The van der Waals surface area contributed by atoms with E-state index in [0.717, 1.165) is 24.2 Å². The van der Waals surface area contributed by atoms with Gasteiger partial charge in [-0.2, -0.15) is 0 Å². The molecule has 2 heterocycles. The summed E-state index contributed by atoms with van der Waals surface area (Å²) in [4.78, 5) is 13.4. The average molecular weight is 378 g/mol. The van der Waals surface area contributed by atoms with Gasteiger partial charge in [0.25, 0.3) is 5.91 Å². The molecule has 0 bridgehead atoms. The molecule has 5 rings (SSSR count). The van der Waals surface area contributed by atoms with Crippen LogP contribution in [0.25, 0.3) is 6.08 Å². The first-order valence-electron chi connectivity index (χ1n) is 10.00. The molecule has 3 aromatic rings. The molecule has 0 N–H and O–H groups in total. The van der Waals surface area contributed by atoms with E-state index in [1.807, 2.05) is 53.5 Å². The summed E-state index contributed by atoms with van der Waals surface area (Å²) < 4.78 is 0. The molecular weight excluding hydrogens is 356 g/mol. The smallest absolute Gasteiger partial charge is 0.267 e. The minimum Gasteiger partial charge on any atom is -0.267 e. The zero-order chi connectivity index (χ0) is 19.6. The minimum atomic E-state index is 0.0106. The van der Waals surface area contributed by atoms with Crippen LogP contribution in [0.3, 0.4) is 0 Å². The van der Waals surface area contributed by atoms with Crippen LogP contribution in [0.5, 0.6) is 0 Å². The Morgan fingerprint density at radius 1 is 0.828 bits per heavy atom. The maximum atomic E-state index is 13.4. The van der Waals surface area contributed by atoms with Crippen LogP contribution in [0.1, 0.15) is 33.1 Å². The van der Waals surface area contributed by atoms with E-state index in [1.54, 1.807) is 0 Å². The number of fused-ring (bicyclic) bond motifs is 3. The maximum absolute atomic E-state index is 13.4. The third-order valence-corrected chi connectivity index (χ3v) is 5.59. The number of hydrazine groups is 1. The molecule has 3 nitrogen and oxygen atoms in total. The van der Waals surface area contributed by atoms with Gasteiger partial charge in [-0.25, -0.2) is 10.0 Å². The van der Waals surface area contributed by atoms with Crippen molar-refractivity contribution in [3.05, 3.63) is 125 Å². The first-order chi connectivity index (χ1) is 14.3. The third kappa shape index (κ3) is 3.30. The second kappa shape index (κ2) is 7.53. The Kier molecular flexibility index (Phi) is 4.59. The summed E-state index contributed by atoms with van der Waals surface area (Å²) in [5.41, 5.74) is 5.39. The molecule has 29 heavy (non-hydrogen) atoms. The highest BCUT2D eigenvalue weighted by atomic mass is 16.2. The number of nitrogens with zero attached hydrogens (tertiary/aromatic N) is 2. The number of allylic oxidation sites excluding steroid dienone is 1. The van der Waals surface area contributed by atoms with E-state index in [9.17, 15) is 4.79 Å². The lowest BCUT2D eigenvalue weighted by Gasteiger charge is -2.37. The Bertz CT molecular complexity index is 1090. The van der Waals surface area contributed by atoms with Crippen LogP contribution in [-0.2, 0) is 6.42 Å². The van der Waals surface area contributed by atoms with Crippen LogP contribution in [0, 0.1) is 0 Å². The number of hydrogen-bond acceptors (Lipinski definition) is 2. The highest BCUT2D eigenvalue weighted by Crippen LogP contribution is 2.40. The number of carbonyl (C=O) groups excluding carboxylic acids is 1. The molecule has 0 aromatic heterocycles. The summed E-state index contributed by atoms with van der Waals surface area (Å²) in [5, 5.41) is 4.05. The molecule has 0 spiro atoms. The van der Waals surface area contributed by atoms with E-state index in [1.165, 1.54) is 11.1 Å². The number of hydrogen-bond donors (Lipinski definition) is 0. The van der Waals surface area contributed by atoms with E-state index >= 15 is 0 Å². The molecule has 1 unspecified atom stereocenters. The van der Waals surface area contributed by atoms with Gasteiger partial charge in [-0.05, 0) is 47.4 Å². The second-order valence-electron chi connectivity index (χ2n) is 7.38. The fourth-order valence-corrected chi connectivity index (χ4v) is 4.17. The SMILES string of the molecule is O=C(c1ccccc1)N1C(/C=C/c2ccccc2)=CC2c3ccccc3CCN21. The van der Waals surface area contributed by atoms with Crippen LogP contribution in [-0.4, -0.2) is 22.5 Å². The molecule has 3 aromatic carbocycles. The van der Waals surface area contributed by atoms with Crippen molar-refractivity contribution in [2.24, 2.45) is 0 Å². The van der Waals surface area contributed by atoms with Gasteiger partial charge in [0.15, 0.2) is 0 Å². The van der Waals surface area contributed by atoms with Gasteiger partial charge in [-0.1, -0.05) is 78.9 Å². The molecule has 0 saturated carbocycles. The summed E-state index contributed by atoms with van der Waals surface area (Å²) in [6, 6.07) is 28.3. The molecular formula is C26H22N2O. The molecule has 0 fully saturated rings. The van der Waals surface area contributed by atoms with Gasteiger partial charge in [-0.15, -0.1) is 0 Å². The summed E-state index contributed by atoms with van der Waals surface area (Å²) in [6.07, 6.45) is 7.27. The van der Waals surface area contributed by atoms with Crippen molar-refractivity contribution in [3.63, 3.8) is 0 Å². The van der Waals surface area contributed by atoms with Crippen molar-refractivity contribution in [3.8, 4) is 0 Å². The standard InChI is InChI=1S/C26H22N2O/c29-26(22-12-5-2-6-13-22)28-23(16-15-20-9-3-1-4-10-20)19-25-24-14-8-7-11-21(24)17-18-27(25)28/h1-16,19,25H,17-18H2/b16-15+. The number of benzene rings is 3. The van der Waals surface area contributed by atoms with Gasteiger partial charge in [-0.3, -0.25) is 4.79 Å². The number of amides is 1. The Hall–Kier alpha value is -3.43. The monoisotopic (exact) mass is 378 g/mol. The van der Waals surface area contributed by atoms with Crippen molar-refractivity contribution in [2.75, 3.05) is 6.54 Å². The third-order valence-electron chi connectivity index (χ3n) is 5.59. The van der Waals surface area contributed by atoms with Crippen LogP contribution >= 0.6 is 0 Å².